The van der Waals surface area contributed by atoms with Crippen molar-refractivity contribution in [3.05, 3.63) is 27.7 Å². The normalized spacial score (nSPS) is 26.4. The molecule has 96 valence electrons. The van der Waals surface area contributed by atoms with Crippen molar-refractivity contribution in [1.82, 2.24) is 9.88 Å². The lowest BCUT2D eigenvalue weighted by Gasteiger charge is -2.17. The van der Waals surface area contributed by atoms with Gasteiger partial charge in [0.1, 0.15) is 4.88 Å². The Hall–Kier alpha value is -1.16. The number of likely N-dealkylation sites (tertiary alicyclic amines) is 1. The Morgan fingerprint density at radius 2 is 1.89 bits per heavy atom. The molecular formula is C14H18N2OS. The minimum absolute atomic E-state index is 0.188. The SMILES string of the molecule is Cc1nc(C)c(C(=O)N2CC3CC=CCC3C2)s1. The van der Waals surface area contributed by atoms with Gasteiger partial charge in [-0.15, -0.1) is 11.3 Å². The van der Waals surface area contributed by atoms with Gasteiger partial charge in [-0.05, 0) is 38.5 Å². The van der Waals surface area contributed by atoms with Gasteiger partial charge in [0.15, 0.2) is 0 Å². The largest absolute Gasteiger partial charge is 0.337 e. The third kappa shape index (κ3) is 1.99. The van der Waals surface area contributed by atoms with Crippen LogP contribution < -0.4 is 0 Å². The maximum absolute atomic E-state index is 12.5. The molecule has 0 aromatic carbocycles. The molecule has 1 saturated heterocycles. The summed E-state index contributed by atoms with van der Waals surface area (Å²) in [6.07, 6.45) is 6.79. The Morgan fingerprint density at radius 1 is 1.28 bits per heavy atom. The Kier molecular flexibility index (Phi) is 2.98. The molecule has 2 unspecified atom stereocenters. The first-order valence-corrected chi connectivity index (χ1v) is 7.35. The van der Waals surface area contributed by atoms with E-state index in [1.54, 1.807) is 0 Å². The minimum atomic E-state index is 0.188. The Balaban J connectivity index is 1.77. The third-order valence-electron chi connectivity index (χ3n) is 4.01. The van der Waals surface area contributed by atoms with Crippen LogP contribution >= 0.6 is 11.3 Å². The Labute approximate surface area is 112 Å². The van der Waals surface area contributed by atoms with E-state index >= 15 is 0 Å². The highest BCUT2D eigenvalue weighted by atomic mass is 32.1. The van der Waals surface area contributed by atoms with E-state index in [1.807, 2.05) is 18.7 Å². The molecule has 1 aromatic heterocycles. The highest BCUT2D eigenvalue weighted by molar-refractivity contribution is 7.13. The molecule has 1 aromatic rings. The van der Waals surface area contributed by atoms with Crippen molar-refractivity contribution in [2.45, 2.75) is 26.7 Å². The number of carbonyl (C=O) groups is 1. The predicted octanol–water partition coefficient (Wildman–Crippen LogP) is 2.80. The van der Waals surface area contributed by atoms with E-state index in [9.17, 15) is 4.79 Å². The van der Waals surface area contributed by atoms with Crippen LogP contribution in [0.15, 0.2) is 12.2 Å². The summed E-state index contributed by atoms with van der Waals surface area (Å²) in [5, 5.41) is 0.981. The van der Waals surface area contributed by atoms with Gasteiger partial charge in [-0.2, -0.15) is 0 Å². The molecule has 4 heteroatoms. The standard InChI is InChI=1S/C14H18N2OS/c1-9-13(18-10(2)15-9)14(17)16-7-11-5-3-4-6-12(11)8-16/h3-4,11-12H,5-8H2,1-2H3. The number of rotatable bonds is 1. The first-order valence-electron chi connectivity index (χ1n) is 6.53. The average Bonchev–Trinajstić information content (AvgIpc) is 2.91. The van der Waals surface area contributed by atoms with E-state index in [1.165, 1.54) is 11.3 Å². The number of hydrogen-bond donors (Lipinski definition) is 0. The van der Waals surface area contributed by atoms with Crippen LogP contribution in [-0.2, 0) is 0 Å². The van der Waals surface area contributed by atoms with E-state index in [4.69, 9.17) is 0 Å². The van der Waals surface area contributed by atoms with Gasteiger partial charge in [-0.25, -0.2) is 4.98 Å². The first kappa shape index (κ1) is 11.9. The Bertz CT molecular complexity index is 490. The van der Waals surface area contributed by atoms with Crippen LogP contribution in [0.4, 0.5) is 0 Å². The van der Waals surface area contributed by atoms with Crippen molar-refractivity contribution in [1.29, 1.82) is 0 Å². The van der Waals surface area contributed by atoms with Crippen molar-refractivity contribution >= 4 is 17.2 Å². The quantitative estimate of drug-likeness (QED) is 0.729. The molecule has 1 aliphatic carbocycles. The molecular weight excluding hydrogens is 244 g/mol. The maximum atomic E-state index is 12.5. The minimum Gasteiger partial charge on any atom is -0.337 e. The molecule has 18 heavy (non-hydrogen) atoms. The maximum Gasteiger partial charge on any atom is 0.265 e. The summed E-state index contributed by atoms with van der Waals surface area (Å²) in [5.41, 5.74) is 0.885. The molecule has 2 heterocycles. The first-order chi connectivity index (χ1) is 8.65. The summed E-state index contributed by atoms with van der Waals surface area (Å²) >= 11 is 1.52. The van der Waals surface area contributed by atoms with Crippen LogP contribution in [-0.4, -0.2) is 28.9 Å². The van der Waals surface area contributed by atoms with E-state index in [2.05, 4.69) is 17.1 Å². The average molecular weight is 262 g/mol. The number of aromatic nitrogens is 1. The topological polar surface area (TPSA) is 33.2 Å². The van der Waals surface area contributed by atoms with E-state index in [-0.39, 0.29) is 5.91 Å². The van der Waals surface area contributed by atoms with Crippen LogP contribution in [0.1, 0.15) is 33.2 Å². The predicted molar refractivity (Wildman–Crippen MR) is 72.8 cm³/mol. The fraction of sp³-hybridized carbons (Fsp3) is 0.571. The molecule has 0 saturated carbocycles. The summed E-state index contributed by atoms with van der Waals surface area (Å²) < 4.78 is 0. The molecule has 0 spiro atoms. The lowest BCUT2D eigenvalue weighted by Crippen LogP contribution is -2.28. The molecule has 0 bridgehead atoms. The summed E-state index contributed by atoms with van der Waals surface area (Å²) in [6, 6.07) is 0. The second-order valence-corrected chi connectivity index (χ2v) is 6.52. The second-order valence-electron chi connectivity index (χ2n) is 5.32. The van der Waals surface area contributed by atoms with E-state index in [0.717, 1.165) is 41.5 Å². The van der Waals surface area contributed by atoms with Crippen molar-refractivity contribution in [3.8, 4) is 0 Å². The van der Waals surface area contributed by atoms with E-state index in [0.29, 0.717) is 11.8 Å². The highest BCUT2D eigenvalue weighted by Gasteiger charge is 2.36. The van der Waals surface area contributed by atoms with Gasteiger partial charge in [0.25, 0.3) is 5.91 Å². The van der Waals surface area contributed by atoms with Gasteiger partial charge in [-0.1, -0.05) is 12.2 Å². The molecule has 1 amide bonds. The van der Waals surface area contributed by atoms with Crippen LogP contribution in [0.25, 0.3) is 0 Å². The number of amides is 1. The number of allylic oxidation sites excluding steroid dienone is 2. The molecule has 1 aliphatic heterocycles. The van der Waals surface area contributed by atoms with E-state index < -0.39 is 0 Å². The summed E-state index contributed by atoms with van der Waals surface area (Å²) in [7, 11) is 0. The highest BCUT2D eigenvalue weighted by Crippen LogP contribution is 2.34. The van der Waals surface area contributed by atoms with Crippen LogP contribution in [0.3, 0.4) is 0 Å². The van der Waals surface area contributed by atoms with Crippen LogP contribution in [0.2, 0.25) is 0 Å². The number of carbonyl (C=O) groups excluding carboxylic acids is 1. The molecule has 0 N–H and O–H groups in total. The van der Waals surface area contributed by atoms with Crippen molar-refractivity contribution in [2.75, 3.05) is 13.1 Å². The molecule has 3 rings (SSSR count). The fourth-order valence-corrected chi connectivity index (χ4v) is 3.94. The molecule has 1 fully saturated rings. The second kappa shape index (κ2) is 4.50. The summed E-state index contributed by atoms with van der Waals surface area (Å²) in [5.74, 6) is 1.54. The zero-order valence-electron chi connectivity index (χ0n) is 10.8. The van der Waals surface area contributed by atoms with Gasteiger partial charge in [-0.3, -0.25) is 4.79 Å². The lowest BCUT2D eigenvalue weighted by molar-refractivity contribution is 0.0788. The fourth-order valence-electron chi connectivity index (χ4n) is 3.05. The number of fused-ring (bicyclic) bond motifs is 1. The zero-order chi connectivity index (χ0) is 12.7. The van der Waals surface area contributed by atoms with Gasteiger partial charge >= 0.3 is 0 Å². The van der Waals surface area contributed by atoms with Gasteiger partial charge < -0.3 is 4.90 Å². The zero-order valence-corrected chi connectivity index (χ0v) is 11.7. The van der Waals surface area contributed by atoms with Gasteiger partial charge in [0, 0.05) is 13.1 Å². The molecule has 2 atom stereocenters. The molecule has 3 nitrogen and oxygen atoms in total. The van der Waals surface area contributed by atoms with Gasteiger partial charge in [0.2, 0.25) is 0 Å². The number of hydrogen-bond acceptors (Lipinski definition) is 3. The summed E-state index contributed by atoms with van der Waals surface area (Å²) in [4.78, 5) is 19.7. The number of thiazole rings is 1. The van der Waals surface area contributed by atoms with Crippen molar-refractivity contribution < 1.29 is 4.79 Å². The molecule has 0 radical (unpaired) electrons. The number of aryl methyl sites for hydroxylation is 2. The monoisotopic (exact) mass is 262 g/mol. The smallest absolute Gasteiger partial charge is 0.265 e. The van der Waals surface area contributed by atoms with Crippen molar-refractivity contribution in [3.63, 3.8) is 0 Å². The lowest BCUT2D eigenvalue weighted by atomic mass is 9.86. The van der Waals surface area contributed by atoms with Crippen LogP contribution in [0, 0.1) is 25.7 Å². The number of nitrogens with zero attached hydrogens (tertiary/aromatic N) is 2. The third-order valence-corrected chi connectivity index (χ3v) is 5.07. The summed E-state index contributed by atoms with van der Waals surface area (Å²) in [6.45, 7) is 5.73. The Morgan fingerprint density at radius 3 is 2.39 bits per heavy atom. The van der Waals surface area contributed by atoms with Gasteiger partial charge in [0.05, 0.1) is 10.7 Å². The van der Waals surface area contributed by atoms with Crippen molar-refractivity contribution in [2.24, 2.45) is 11.8 Å². The molecule has 2 aliphatic rings. The van der Waals surface area contributed by atoms with Crippen LogP contribution in [0.5, 0.6) is 0 Å².